The van der Waals surface area contributed by atoms with E-state index in [4.69, 9.17) is 0 Å². The SMILES string of the molecule is CCCC(O)CNC(=O)C1(C)CCCS1. The summed E-state index contributed by atoms with van der Waals surface area (Å²) in [7, 11) is 0. The Balaban J connectivity index is 2.29. The maximum Gasteiger partial charge on any atom is 0.236 e. The molecule has 1 heterocycles. The van der Waals surface area contributed by atoms with E-state index in [0.29, 0.717) is 6.54 Å². The number of carbonyl (C=O) groups excluding carboxylic acids is 1. The molecular formula is C11H21NO2S. The minimum absolute atomic E-state index is 0.0835. The molecule has 2 unspecified atom stereocenters. The van der Waals surface area contributed by atoms with Crippen molar-refractivity contribution in [3.63, 3.8) is 0 Å². The van der Waals surface area contributed by atoms with Crippen molar-refractivity contribution < 1.29 is 9.90 Å². The molecule has 0 spiro atoms. The Morgan fingerprint density at radius 1 is 1.67 bits per heavy atom. The molecule has 0 aromatic heterocycles. The minimum atomic E-state index is -0.394. The summed E-state index contributed by atoms with van der Waals surface area (Å²) in [5, 5.41) is 12.3. The summed E-state index contributed by atoms with van der Waals surface area (Å²) in [6.45, 7) is 4.41. The summed E-state index contributed by atoms with van der Waals surface area (Å²) in [4.78, 5) is 11.8. The Hall–Kier alpha value is -0.220. The van der Waals surface area contributed by atoms with Gasteiger partial charge in [0.1, 0.15) is 0 Å². The maximum atomic E-state index is 11.8. The van der Waals surface area contributed by atoms with Crippen molar-refractivity contribution in [1.82, 2.24) is 5.32 Å². The fourth-order valence-electron chi connectivity index (χ4n) is 1.79. The zero-order valence-electron chi connectivity index (χ0n) is 9.58. The Bertz CT molecular complexity index is 215. The molecule has 0 aromatic carbocycles. The highest BCUT2D eigenvalue weighted by molar-refractivity contribution is 8.01. The summed E-state index contributed by atoms with van der Waals surface area (Å²) >= 11 is 1.72. The van der Waals surface area contributed by atoms with Crippen molar-refractivity contribution in [2.75, 3.05) is 12.3 Å². The number of rotatable bonds is 5. The Labute approximate surface area is 96.0 Å². The molecule has 0 bridgehead atoms. The highest BCUT2D eigenvalue weighted by Gasteiger charge is 2.36. The van der Waals surface area contributed by atoms with Crippen LogP contribution in [0.15, 0.2) is 0 Å². The summed E-state index contributed by atoms with van der Waals surface area (Å²) in [5.74, 6) is 1.15. The average molecular weight is 231 g/mol. The molecule has 3 nitrogen and oxygen atoms in total. The zero-order chi connectivity index (χ0) is 11.3. The van der Waals surface area contributed by atoms with Crippen LogP contribution in [-0.2, 0) is 4.79 Å². The number of hydrogen-bond acceptors (Lipinski definition) is 3. The third kappa shape index (κ3) is 3.68. The van der Waals surface area contributed by atoms with Gasteiger partial charge < -0.3 is 10.4 Å². The topological polar surface area (TPSA) is 49.3 Å². The summed E-state index contributed by atoms with van der Waals surface area (Å²) in [6.07, 6.45) is 3.38. The Morgan fingerprint density at radius 2 is 2.40 bits per heavy atom. The van der Waals surface area contributed by atoms with Crippen LogP contribution >= 0.6 is 11.8 Å². The highest BCUT2D eigenvalue weighted by atomic mass is 32.2. The number of nitrogens with one attached hydrogen (secondary N) is 1. The van der Waals surface area contributed by atoms with Gasteiger partial charge in [-0.2, -0.15) is 0 Å². The lowest BCUT2D eigenvalue weighted by molar-refractivity contribution is -0.123. The second-order valence-corrected chi connectivity index (χ2v) is 5.93. The number of carbonyl (C=O) groups is 1. The summed E-state index contributed by atoms with van der Waals surface area (Å²) in [5.41, 5.74) is 0. The molecule has 1 rings (SSSR count). The van der Waals surface area contributed by atoms with Crippen LogP contribution in [0.5, 0.6) is 0 Å². The van der Waals surface area contributed by atoms with Gasteiger partial charge in [0.15, 0.2) is 0 Å². The first kappa shape index (κ1) is 12.8. The normalized spacial score (nSPS) is 27.7. The van der Waals surface area contributed by atoms with Crippen molar-refractivity contribution in [3.05, 3.63) is 0 Å². The van der Waals surface area contributed by atoms with Gasteiger partial charge in [-0.1, -0.05) is 13.3 Å². The van der Waals surface area contributed by atoms with Crippen molar-refractivity contribution in [2.24, 2.45) is 0 Å². The molecule has 1 amide bonds. The molecule has 4 heteroatoms. The van der Waals surface area contributed by atoms with Crippen LogP contribution in [-0.4, -0.2) is 34.2 Å². The molecule has 1 aliphatic rings. The second-order valence-electron chi connectivity index (χ2n) is 4.34. The van der Waals surface area contributed by atoms with Crippen molar-refractivity contribution in [1.29, 1.82) is 0 Å². The van der Waals surface area contributed by atoms with Crippen molar-refractivity contribution >= 4 is 17.7 Å². The largest absolute Gasteiger partial charge is 0.391 e. The van der Waals surface area contributed by atoms with E-state index in [1.165, 1.54) is 0 Å². The number of aliphatic hydroxyl groups is 1. The smallest absolute Gasteiger partial charge is 0.236 e. The predicted molar refractivity (Wildman–Crippen MR) is 64.0 cm³/mol. The molecule has 2 atom stereocenters. The van der Waals surface area contributed by atoms with Gasteiger partial charge in [0.05, 0.1) is 10.9 Å². The van der Waals surface area contributed by atoms with E-state index in [0.717, 1.165) is 31.4 Å². The van der Waals surface area contributed by atoms with E-state index in [1.807, 2.05) is 13.8 Å². The lowest BCUT2D eigenvalue weighted by Gasteiger charge is -2.22. The third-order valence-electron chi connectivity index (χ3n) is 2.82. The predicted octanol–water partition coefficient (Wildman–Crippen LogP) is 1.55. The fourth-order valence-corrected chi connectivity index (χ4v) is 3.02. The number of aliphatic hydroxyl groups excluding tert-OH is 1. The molecule has 1 saturated heterocycles. The number of amides is 1. The van der Waals surface area contributed by atoms with Crippen molar-refractivity contribution in [2.45, 2.75) is 50.4 Å². The lowest BCUT2D eigenvalue weighted by Crippen LogP contribution is -2.43. The molecule has 88 valence electrons. The van der Waals surface area contributed by atoms with Gasteiger partial charge in [-0.15, -0.1) is 11.8 Å². The molecule has 15 heavy (non-hydrogen) atoms. The number of hydrogen-bond donors (Lipinski definition) is 2. The van der Waals surface area contributed by atoms with Gasteiger partial charge >= 0.3 is 0 Å². The van der Waals surface area contributed by atoms with E-state index in [2.05, 4.69) is 5.32 Å². The standard InChI is InChI=1S/C11H21NO2S/c1-3-5-9(13)8-12-10(14)11(2)6-4-7-15-11/h9,13H,3-8H2,1-2H3,(H,12,14). The van der Waals surface area contributed by atoms with E-state index in [9.17, 15) is 9.90 Å². The zero-order valence-corrected chi connectivity index (χ0v) is 10.4. The molecule has 2 N–H and O–H groups in total. The molecule has 0 aromatic rings. The van der Waals surface area contributed by atoms with Crippen LogP contribution in [0.1, 0.15) is 39.5 Å². The van der Waals surface area contributed by atoms with Crippen molar-refractivity contribution in [3.8, 4) is 0 Å². The molecule has 0 aliphatic carbocycles. The third-order valence-corrected chi connectivity index (χ3v) is 4.34. The second kappa shape index (κ2) is 5.75. The van der Waals surface area contributed by atoms with E-state index >= 15 is 0 Å². The van der Waals surface area contributed by atoms with Gasteiger partial charge in [-0.25, -0.2) is 0 Å². The minimum Gasteiger partial charge on any atom is -0.391 e. The van der Waals surface area contributed by atoms with Crippen LogP contribution in [0.25, 0.3) is 0 Å². The molecule has 0 saturated carbocycles. The summed E-state index contributed by atoms with van der Waals surface area (Å²) in [6, 6.07) is 0. The maximum absolute atomic E-state index is 11.8. The average Bonchev–Trinajstić information content (AvgIpc) is 2.63. The van der Waals surface area contributed by atoms with E-state index < -0.39 is 6.10 Å². The van der Waals surface area contributed by atoms with Crippen LogP contribution in [0.3, 0.4) is 0 Å². The molecule has 1 aliphatic heterocycles. The summed E-state index contributed by atoms with van der Waals surface area (Å²) < 4.78 is -0.258. The first-order chi connectivity index (χ1) is 7.08. The molecule has 1 fully saturated rings. The fraction of sp³-hybridized carbons (Fsp3) is 0.909. The van der Waals surface area contributed by atoms with Crippen LogP contribution < -0.4 is 5.32 Å². The van der Waals surface area contributed by atoms with Gasteiger partial charge in [-0.05, 0) is 31.9 Å². The molecular weight excluding hydrogens is 210 g/mol. The first-order valence-corrected chi connectivity index (χ1v) is 6.67. The Morgan fingerprint density at radius 3 is 2.93 bits per heavy atom. The van der Waals surface area contributed by atoms with Crippen LogP contribution in [0.4, 0.5) is 0 Å². The van der Waals surface area contributed by atoms with Crippen LogP contribution in [0.2, 0.25) is 0 Å². The Kier molecular flexibility index (Phi) is 4.93. The molecule has 0 radical (unpaired) electrons. The van der Waals surface area contributed by atoms with E-state index in [1.54, 1.807) is 11.8 Å². The highest BCUT2D eigenvalue weighted by Crippen LogP contribution is 2.37. The van der Waals surface area contributed by atoms with Gasteiger partial charge in [0.2, 0.25) is 5.91 Å². The number of thioether (sulfide) groups is 1. The van der Waals surface area contributed by atoms with Crippen LogP contribution in [0, 0.1) is 0 Å². The quantitative estimate of drug-likeness (QED) is 0.755. The monoisotopic (exact) mass is 231 g/mol. The van der Waals surface area contributed by atoms with Gasteiger partial charge in [0.25, 0.3) is 0 Å². The van der Waals surface area contributed by atoms with Gasteiger partial charge in [0, 0.05) is 6.54 Å². The first-order valence-electron chi connectivity index (χ1n) is 5.69. The van der Waals surface area contributed by atoms with Gasteiger partial charge in [-0.3, -0.25) is 4.79 Å². The lowest BCUT2D eigenvalue weighted by atomic mass is 10.0. The van der Waals surface area contributed by atoms with E-state index in [-0.39, 0.29) is 10.7 Å².